The van der Waals surface area contributed by atoms with Crippen LogP contribution < -0.4 is 4.90 Å². The SMILES string of the molecule is CC1C2=C(C=CC3(O2)N(C)c2ccccc2C3(C)C)C(CO)=CN1C.I. The number of halogens is 1. The normalized spacial score (nSPS) is 28.4. The average molecular weight is 466 g/mol. The first kappa shape index (κ1) is 19.3. The Morgan fingerprint density at radius 1 is 1.19 bits per heavy atom. The van der Waals surface area contributed by atoms with Gasteiger partial charge in [-0.3, -0.25) is 0 Å². The molecule has 4 rings (SSSR count). The van der Waals surface area contributed by atoms with Crippen molar-refractivity contribution in [2.24, 2.45) is 0 Å². The Balaban J connectivity index is 0.00000196. The Morgan fingerprint density at radius 2 is 1.88 bits per heavy atom. The van der Waals surface area contributed by atoms with Crippen LogP contribution in [0.3, 0.4) is 0 Å². The Bertz CT molecular complexity index is 827. The molecule has 3 aliphatic heterocycles. The Kier molecular flexibility index (Phi) is 4.68. The van der Waals surface area contributed by atoms with Crippen LogP contribution in [-0.2, 0) is 10.2 Å². The molecule has 3 heterocycles. The molecule has 0 amide bonds. The van der Waals surface area contributed by atoms with E-state index in [1.807, 2.05) is 13.2 Å². The molecule has 0 fully saturated rings. The number of para-hydroxylation sites is 1. The molecule has 0 saturated carbocycles. The first-order valence-electron chi connectivity index (χ1n) is 8.83. The summed E-state index contributed by atoms with van der Waals surface area (Å²) < 4.78 is 6.79. The fourth-order valence-electron chi connectivity index (χ4n) is 4.45. The first-order valence-corrected chi connectivity index (χ1v) is 8.83. The summed E-state index contributed by atoms with van der Waals surface area (Å²) in [5.41, 5.74) is 3.64. The highest BCUT2D eigenvalue weighted by atomic mass is 127. The number of hydrogen-bond acceptors (Lipinski definition) is 4. The fraction of sp³-hybridized carbons (Fsp3) is 0.429. The number of anilines is 1. The molecule has 1 N–H and O–H groups in total. The van der Waals surface area contributed by atoms with Crippen molar-refractivity contribution in [2.45, 2.75) is 38.0 Å². The van der Waals surface area contributed by atoms with Crippen molar-refractivity contribution in [1.29, 1.82) is 0 Å². The largest absolute Gasteiger partial charge is 0.465 e. The highest BCUT2D eigenvalue weighted by Crippen LogP contribution is 2.55. The molecular weight excluding hydrogens is 439 g/mol. The first-order chi connectivity index (χ1) is 11.8. The minimum Gasteiger partial charge on any atom is -0.465 e. The van der Waals surface area contributed by atoms with Crippen LogP contribution in [0.25, 0.3) is 0 Å². The van der Waals surface area contributed by atoms with Crippen LogP contribution in [0.15, 0.2) is 59.5 Å². The lowest BCUT2D eigenvalue weighted by Gasteiger charge is -2.49. The summed E-state index contributed by atoms with van der Waals surface area (Å²) in [5, 5.41) is 9.76. The number of likely N-dealkylation sites (N-methyl/N-ethyl adjacent to an activating group) is 2. The van der Waals surface area contributed by atoms with E-state index in [0.29, 0.717) is 0 Å². The zero-order valence-corrected chi connectivity index (χ0v) is 18.3. The molecule has 0 bridgehead atoms. The molecule has 2 unspecified atom stereocenters. The molecule has 1 aromatic carbocycles. The van der Waals surface area contributed by atoms with Crippen molar-refractivity contribution in [3.05, 3.63) is 65.1 Å². The maximum atomic E-state index is 9.76. The van der Waals surface area contributed by atoms with Crippen LogP contribution in [-0.4, -0.2) is 42.5 Å². The molecule has 26 heavy (non-hydrogen) atoms. The van der Waals surface area contributed by atoms with Gasteiger partial charge in [-0.15, -0.1) is 24.0 Å². The lowest BCUT2D eigenvalue weighted by molar-refractivity contribution is -0.0220. The quantitative estimate of drug-likeness (QED) is 0.640. The zero-order chi connectivity index (χ0) is 18.0. The van der Waals surface area contributed by atoms with Crippen LogP contribution in [0.4, 0.5) is 5.69 Å². The van der Waals surface area contributed by atoms with Crippen molar-refractivity contribution in [3.8, 4) is 0 Å². The summed E-state index contributed by atoms with van der Waals surface area (Å²) in [7, 11) is 4.13. The van der Waals surface area contributed by atoms with Gasteiger partial charge in [0.15, 0.2) is 0 Å². The molecule has 0 radical (unpaired) electrons. The predicted octanol–water partition coefficient (Wildman–Crippen LogP) is 3.78. The second-order valence-corrected chi connectivity index (χ2v) is 7.76. The average Bonchev–Trinajstić information content (AvgIpc) is 2.77. The highest BCUT2D eigenvalue weighted by Gasteiger charge is 2.58. The van der Waals surface area contributed by atoms with Gasteiger partial charge in [-0.1, -0.05) is 18.2 Å². The lowest BCUT2D eigenvalue weighted by Crippen LogP contribution is -2.57. The number of aliphatic hydroxyl groups is 1. The molecule has 4 nitrogen and oxygen atoms in total. The summed E-state index contributed by atoms with van der Waals surface area (Å²) in [6, 6.07) is 8.64. The van der Waals surface area contributed by atoms with E-state index >= 15 is 0 Å². The number of hydrogen-bond donors (Lipinski definition) is 1. The number of aliphatic hydroxyl groups excluding tert-OH is 1. The molecule has 2 atom stereocenters. The molecule has 0 saturated heterocycles. The van der Waals surface area contributed by atoms with E-state index in [1.54, 1.807) is 0 Å². The van der Waals surface area contributed by atoms with E-state index in [2.05, 4.69) is 74.0 Å². The van der Waals surface area contributed by atoms with Crippen LogP contribution in [0.1, 0.15) is 26.3 Å². The van der Waals surface area contributed by atoms with E-state index in [4.69, 9.17) is 4.74 Å². The summed E-state index contributed by atoms with van der Waals surface area (Å²) in [6.45, 7) is 6.63. The molecule has 0 aromatic heterocycles. The van der Waals surface area contributed by atoms with Crippen LogP contribution in [0.2, 0.25) is 0 Å². The third-order valence-electron chi connectivity index (χ3n) is 6.21. The highest BCUT2D eigenvalue weighted by molar-refractivity contribution is 14.0. The number of ether oxygens (including phenoxy) is 1. The second kappa shape index (κ2) is 6.30. The number of benzene rings is 1. The molecule has 140 valence electrons. The summed E-state index contributed by atoms with van der Waals surface area (Å²) >= 11 is 0. The molecular formula is C21H27IN2O2. The third-order valence-corrected chi connectivity index (χ3v) is 6.21. The smallest absolute Gasteiger partial charge is 0.211 e. The maximum absolute atomic E-state index is 9.76. The van der Waals surface area contributed by atoms with Gasteiger partial charge in [-0.05, 0) is 44.6 Å². The van der Waals surface area contributed by atoms with Gasteiger partial charge in [0.25, 0.3) is 0 Å². The van der Waals surface area contributed by atoms with Gasteiger partial charge in [-0.2, -0.15) is 0 Å². The standard InChI is InChI=1S/C21H26N2O2.HI/c1-14-19-16(15(13-24)12-22(14)4)10-11-21(25-19)20(2,3)17-8-6-7-9-18(17)23(21)5;/h6-12,14,24H,13H2,1-5H3;1H. The van der Waals surface area contributed by atoms with Crippen molar-refractivity contribution >= 4 is 29.7 Å². The van der Waals surface area contributed by atoms with Crippen molar-refractivity contribution < 1.29 is 9.84 Å². The lowest BCUT2D eigenvalue weighted by atomic mass is 9.76. The Morgan fingerprint density at radius 3 is 2.54 bits per heavy atom. The fourth-order valence-corrected chi connectivity index (χ4v) is 4.45. The van der Waals surface area contributed by atoms with E-state index < -0.39 is 5.72 Å². The van der Waals surface area contributed by atoms with Crippen LogP contribution >= 0.6 is 24.0 Å². The van der Waals surface area contributed by atoms with Gasteiger partial charge in [0.1, 0.15) is 5.76 Å². The van der Waals surface area contributed by atoms with Crippen molar-refractivity contribution in [3.63, 3.8) is 0 Å². The van der Waals surface area contributed by atoms with E-state index in [1.165, 1.54) is 11.3 Å². The minimum absolute atomic E-state index is 0. The van der Waals surface area contributed by atoms with Gasteiger partial charge in [0.2, 0.25) is 5.72 Å². The number of nitrogens with zero attached hydrogens (tertiary/aromatic N) is 2. The molecule has 1 spiro atoms. The maximum Gasteiger partial charge on any atom is 0.211 e. The zero-order valence-electron chi connectivity index (χ0n) is 16.0. The van der Waals surface area contributed by atoms with E-state index in [0.717, 1.165) is 16.9 Å². The molecule has 3 aliphatic rings. The van der Waals surface area contributed by atoms with Crippen LogP contribution in [0.5, 0.6) is 0 Å². The van der Waals surface area contributed by atoms with E-state index in [-0.39, 0.29) is 42.0 Å². The number of rotatable bonds is 1. The Labute approximate surface area is 172 Å². The topological polar surface area (TPSA) is 35.9 Å². The van der Waals surface area contributed by atoms with Crippen LogP contribution in [0, 0.1) is 0 Å². The predicted molar refractivity (Wildman–Crippen MR) is 116 cm³/mol. The van der Waals surface area contributed by atoms with Crippen molar-refractivity contribution in [1.82, 2.24) is 4.90 Å². The summed E-state index contributed by atoms with van der Waals surface area (Å²) in [4.78, 5) is 4.35. The number of fused-ring (bicyclic) bond motifs is 1. The van der Waals surface area contributed by atoms with Gasteiger partial charge in [0, 0.05) is 37.1 Å². The molecule has 1 aromatic rings. The summed E-state index contributed by atoms with van der Waals surface area (Å²) in [6.07, 6.45) is 6.30. The van der Waals surface area contributed by atoms with Gasteiger partial charge >= 0.3 is 0 Å². The Hall–Kier alpha value is -1.47. The number of allylic oxidation sites excluding steroid dienone is 1. The summed E-state index contributed by atoms with van der Waals surface area (Å²) in [5.74, 6) is 0.935. The van der Waals surface area contributed by atoms with Gasteiger partial charge < -0.3 is 19.6 Å². The van der Waals surface area contributed by atoms with Gasteiger partial charge in [-0.25, -0.2) is 0 Å². The molecule has 5 heteroatoms. The monoisotopic (exact) mass is 466 g/mol. The van der Waals surface area contributed by atoms with Gasteiger partial charge in [0.05, 0.1) is 18.1 Å². The third kappa shape index (κ3) is 2.29. The second-order valence-electron chi connectivity index (χ2n) is 7.76. The molecule has 0 aliphatic carbocycles. The van der Waals surface area contributed by atoms with Crippen molar-refractivity contribution in [2.75, 3.05) is 25.6 Å². The van der Waals surface area contributed by atoms with E-state index in [9.17, 15) is 5.11 Å². The minimum atomic E-state index is -0.567.